The van der Waals surface area contributed by atoms with Gasteiger partial charge in [-0.3, -0.25) is 0 Å². The van der Waals surface area contributed by atoms with E-state index >= 15 is 0 Å². The van der Waals surface area contributed by atoms with Crippen LogP contribution in [0.1, 0.15) is 49.9 Å². The molecule has 0 radical (unpaired) electrons. The van der Waals surface area contributed by atoms with E-state index in [0.717, 1.165) is 25.0 Å². The number of hydrogen-bond acceptors (Lipinski definition) is 4. The van der Waals surface area contributed by atoms with Crippen LogP contribution in [0.3, 0.4) is 0 Å². The van der Waals surface area contributed by atoms with Crippen molar-refractivity contribution >= 4 is 5.82 Å². The number of nitrogens with one attached hydrogen (secondary N) is 1. The summed E-state index contributed by atoms with van der Waals surface area (Å²) in [5.41, 5.74) is 2.14. The van der Waals surface area contributed by atoms with Gasteiger partial charge in [0.1, 0.15) is 11.9 Å². The second kappa shape index (κ2) is 5.58. The van der Waals surface area contributed by atoms with Crippen molar-refractivity contribution in [2.45, 2.75) is 51.6 Å². The molecule has 0 aliphatic heterocycles. The topological polar surface area (TPSA) is 68.9 Å². The van der Waals surface area contributed by atoms with Crippen LogP contribution >= 0.6 is 0 Å². The van der Waals surface area contributed by atoms with Crippen molar-refractivity contribution in [2.75, 3.05) is 11.9 Å². The third-order valence-corrected chi connectivity index (χ3v) is 4.07. The van der Waals surface area contributed by atoms with Gasteiger partial charge in [-0.05, 0) is 43.7 Å². The van der Waals surface area contributed by atoms with Crippen molar-refractivity contribution in [3.8, 4) is 6.07 Å². The van der Waals surface area contributed by atoms with Gasteiger partial charge in [-0.1, -0.05) is 13.8 Å². The first-order valence-electron chi connectivity index (χ1n) is 7.01. The second-order valence-corrected chi connectivity index (χ2v) is 5.24. The second-order valence-electron chi connectivity index (χ2n) is 5.24. The summed E-state index contributed by atoms with van der Waals surface area (Å²) in [6.45, 7) is 4.36. The van der Waals surface area contributed by atoms with Gasteiger partial charge in [0.05, 0.1) is 11.2 Å². The minimum Gasteiger partial charge on any atom is -0.388 e. The lowest BCUT2D eigenvalue weighted by atomic mass is 9.97. The predicted octanol–water partition coefficient (Wildman–Crippen LogP) is 2.40. The maximum absolute atomic E-state index is 10.3. The van der Waals surface area contributed by atoms with Crippen molar-refractivity contribution in [1.82, 2.24) is 4.98 Å². The summed E-state index contributed by atoms with van der Waals surface area (Å²) in [6, 6.07) is 4.13. The average Bonchev–Trinajstić information content (AvgIpc) is 2.90. The Morgan fingerprint density at radius 3 is 2.79 bits per heavy atom. The van der Waals surface area contributed by atoms with E-state index in [-0.39, 0.29) is 0 Å². The molecule has 0 aromatic carbocycles. The molecular weight excluding hydrogens is 238 g/mol. The lowest BCUT2D eigenvalue weighted by Gasteiger charge is -2.26. The molecule has 0 amide bonds. The maximum atomic E-state index is 10.3. The number of hydrogen-bond donors (Lipinski definition) is 2. The number of aryl methyl sites for hydroxylation is 2. The summed E-state index contributed by atoms with van der Waals surface area (Å²) in [5.74, 6) is 0.614. The molecule has 1 aromatic heterocycles. The molecule has 4 heteroatoms. The Kier molecular flexibility index (Phi) is 4.06. The molecule has 0 bridgehead atoms. The van der Waals surface area contributed by atoms with Crippen LogP contribution in [-0.4, -0.2) is 22.2 Å². The first-order chi connectivity index (χ1) is 9.11. The summed E-state index contributed by atoms with van der Waals surface area (Å²) in [4.78, 5) is 4.55. The number of rotatable bonds is 5. The van der Waals surface area contributed by atoms with Crippen LogP contribution in [0.2, 0.25) is 0 Å². The number of nitriles is 1. The Morgan fingerprint density at radius 2 is 2.16 bits per heavy atom. The molecule has 1 aromatic rings. The Bertz CT molecular complexity index is 501. The molecule has 1 heterocycles. The lowest BCUT2D eigenvalue weighted by Crippen LogP contribution is -2.35. The molecule has 0 fully saturated rings. The molecule has 2 rings (SSSR count). The summed E-state index contributed by atoms with van der Waals surface area (Å²) < 4.78 is 0. The van der Waals surface area contributed by atoms with Crippen molar-refractivity contribution in [1.29, 1.82) is 5.26 Å². The maximum Gasteiger partial charge on any atom is 0.144 e. The minimum atomic E-state index is -0.729. The van der Waals surface area contributed by atoms with Gasteiger partial charge in [0.15, 0.2) is 0 Å². The summed E-state index contributed by atoms with van der Waals surface area (Å²) in [7, 11) is 0. The summed E-state index contributed by atoms with van der Waals surface area (Å²) in [5, 5.41) is 22.6. The van der Waals surface area contributed by atoms with E-state index in [9.17, 15) is 10.4 Å². The highest BCUT2D eigenvalue weighted by atomic mass is 16.3. The first kappa shape index (κ1) is 13.8. The largest absolute Gasteiger partial charge is 0.388 e. The lowest BCUT2D eigenvalue weighted by molar-refractivity contribution is 0.0456. The van der Waals surface area contributed by atoms with Crippen molar-refractivity contribution in [2.24, 2.45) is 0 Å². The molecule has 1 aliphatic rings. The number of aromatic nitrogens is 1. The van der Waals surface area contributed by atoms with Crippen molar-refractivity contribution in [3.05, 3.63) is 22.9 Å². The van der Waals surface area contributed by atoms with Crippen LogP contribution in [-0.2, 0) is 12.8 Å². The highest BCUT2D eigenvalue weighted by Crippen LogP contribution is 2.25. The van der Waals surface area contributed by atoms with Crippen LogP contribution in [0.15, 0.2) is 6.07 Å². The molecule has 1 aliphatic carbocycles. The molecule has 4 nitrogen and oxygen atoms in total. The van der Waals surface area contributed by atoms with Crippen LogP contribution in [0.25, 0.3) is 0 Å². The quantitative estimate of drug-likeness (QED) is 0.852. The van der Waals surface area contributed by atoms with Gasteiger partial charge in [-0.2, -0.15) is 5.26 Å². The number of anilines is 1. The zero-order valence-electron chi connectivity index (χ0n) is 11.7. The molecule has 0 spiro atoms. The molecule has 0 saturated carbocycles. The van der Waals surface area contributed by atoms with Crippen LogP contribution in [0.5, 0.6) is 0 Å². The molecule has 0 atom stereocenters. The molecule has 0 saturated heterocycles. The SMILES string of the molecule is CCC(O)(CC)CNc1nc2c(cc1C#N)CCC2. The van der Waals surface area contributed by atoms with Crippen molar-refractivity contribution in [3.63, 3.8) is 0 Å². The van der Waals surface area contributed by atoms with Crippen LogP contribution in [0.4, 0.5) is 5.82 Å². The molecule has 102 valence electrons. The minimum absolute atomic E-state index is 0.431. The molecular formula is C15H21N3O. The van der Waals surface area contributed by atoms with Gasteiger partial charge in [-0.25, -0.2) is 4.98 Å². The van der Waals surface area contributed by atoms with Gasteiger partial charge in [-0.15, -0.1) is 0 Å². The van der Waals surface area contributed by atoms with E-state index in [1.54, 1.807) is 0 Å². The number of fused-ring (bicyclic) bond motifs is 1. The van der Waals surface area contributed by atoms with Crippen LogP contribution in [0, 0.1) is 11.3 Å². The Labute approximate surface area is 114 Å². The smallest absolute Gasteiger partial charge is 0.144 e. The Morgan fingerprint density at radius 1 is 1.42 bits per heavy atom. The number of nitrogens with zero attached hydrogens (tertiary/aromatic N) is 2. The standard InChI is InChI=1S/C15H21N3O/c1-3-15(19,4-2)10-17-14-12(9-16)8-11-6-5-7-13(11)18-14/h8,19H,3-7,10H2,1-2H3,(H,17,18). The third-order valence-electron chi connectivity index (χ3n) is 4.07. The zero-order valence-corrected chi connectivity index (χ0v) is 11.7. The van der Waals surface area contributed by atoms with E-state index < -0.39 is 5.60 Å². The van der Waals surface area contributed by atoms with Gasteiger partial charge in [0.2, 0.25) is 0 Å². The third kappa shape index (κ3) is 2.87. The predicted molar refractivity (Wildman–Crippen MR) is 75.0 cm³/mol. The fraction of sp³-hybridized carbons (Fsp3) is 0.600. The van der Waals surface area contributed by atoms with Gasteiger partial charge >= 0.3 is 0 Å². The van der Waals surface area contributed by atoms with E-state index in [1.165, 1.54) is 5.56 Å². The zero-order chi connectivity index (χ0) is 13.9. The van der Waals surface area contributed by atoms with E-state index in [1.807, 2.05) is 19.9 Å². The molecule has 0 unspecified atom stereocenters. The normalized spacial score (nSPS) is 14.0. The van der Waals surface area contributed by atoms with Gasteiger partial charge in [0.25, 0.3) is 0 Å². The van der Waals surface area contributed by atoms with E-state index in [0.29, 0.717) is 30.8 Å². The fourth-order valence-electron chi connectivity index (χ4n) is 2.44. The highest BCUT2D eigenvalue weighted by Gasteiger charge is 2.23. The molecule has 2 N–H and O–H groups in total. The Balaban J connectivity index is 2.19. The first-order valence-corrected chi connectivity index (χ1v) is 7.01. The average molecular weight is 259 g/mol. The number of pyridine rings is 1. The monoisotopic (exact) mass is 259 g/mol. The fourth-order valence-corrected chi connectivity index (χ4v) is 2.44. The van der Waals surface area contributed by atoms with Crippen LogP contribution < -0.4 is 5.32 Å². The van der Waals surface area contributed by atoms with Gasteiger partial charge in [0, 0.05) is 12.2 Å². The van der Waals surface area contributed by atoms with E-state index in [4.69, 9.17) is 0 Å². The highest BCUT2D eigenvalue weighted by molar-refractivity contribution is 5.55. The molecule has 19 heavy (non-hydrogen) atoms. The summed E-state index contributed by atoms with van der Waals surface area (Å²) >= 11 is 0. The van der Waals surface area contributed by atoms with E-state index in [2.05, 4.69) is 16.4 Å². The number of aliphatic hydroxyl groups is 1. The Hall–Kier alpha value is -1.60. The van der Waals surface area contributed by atoms with Crippen molar-refractivity contribution < 1.29 is 5.11 Å². The summed E-state index contributed by atoms with van der Waals surface area (Å²) in [6.07, 6.45) is 4.49. The van der Waals surface area contributed by atoms with Gasteiger partial charge < -0.3 is 10.4 Å².